The largest absolute Gasteiger partial charge is 0.328 e. The van der Waals surface area contributed by atoms with E-state index in [2.05, 4.69) is 14.8 Å². The Morgan fingerprint density at radius 1 is 1.08 bits per heavy atom. The lowest BCUT2D eigenvalue weighted by Gasteiger charge is -2.25. The van der Waals surface area contributed by atoms with Crippen LogP contribution in [0.15, 0.2) is 24.3 Å². The number of nitrogens with zero attached hydrogens (tertiary/aromatic N) is 4. The van der Waals surface area contributed by atoms with E-state index >= 15 is 0 Å². The first-order chi connectivity index (χ1) is 11.8. The Hall–Kier alpha value is -1.88. The number of hydrogen-bond acceptors (Lipinski definition) is 3. The highest BCUT2D eigenvalue weighted by Gasteiger charge is 2.35. The molecule has 2 aliphatic rings. The van der Waals surface area contributed by atoms with E-state index in [1.165, 1.54) is 12.8 Å². The second kappa shape index (κ2) is 6.55. The second-order valence-electron chi connectivity index (χ2n) is 6.57. The summed E-state index contributed by atoms with van der Waals surface area (Å²) in [7, 11) is 0. The van der Waals surface area contributed by atoms with Crippen LogP contribution >= 0.6 is 11.6 Å². The van der Waals surface area contributed by atoms with Gasteiger partial charge in [-0.25, -0.2) is 0 Å². The maximum Gasteiger partial charge on any atom is 0.255 e. The molecule has 4 rings (SSSR count). The van der Waals surface area contributed by atoms with Crippen LogP contribution in [0.3, 0.4) is 0 Å². The van der Waals surface area contributed by atoms with Crippen molar-refractivity contribution in [3.05, 3.63) is 46.5 Å². The van der Waals surface area contributed by atoms with Crippen LogP contribution < -0.4 is 0 Å². The molecule has 1 amide bonds. The summed E-state index contributed by atoms with van der Waals surface area (Å²) in [6.07, 6.45) is 6.47. The number of hydrogen-bond donors (Lipinski definition) is 0. The van der Waals surface area contributed by atoms with Gasteiger partial charge in [0.2, 0.25) is 0 Å². The third-order valence-corrected chi connectivity index (χ3v) is 5.38. The van der Waals surface area contributed by atoms with E-state index in [0.717, 1.165) is 50.4 Å². The van der Waals surface area contributed by atoms with Crippen LogP contribution in [0.1, 0.15) is 60.2 Å². The molecule has 0 bridgehead atoms. The van der Waals surface area contributed by atoms with Crippen LogP contribution in [-0.2, 0) is 13.0 Å². The average molecular weight is 345 g/mol. The van der Waals surface area contributed by atoms with E-state index in [1.807, 2.05) is 17.0 Å². The van der Waals surface area contributed by atoms with Crippen LogP contribution in [-0.4, -0.2) is 32.1 Å². The van der Waals surface area contributed by atoms with Crippen molar-refractivity contribution in [1.82, 2.24) is 19.7 Å². The number of benzene rings is 1. The first kappa shape index (κ1) is 15.6. The van der Waals surface area contributed by atoms with Crippen LogP contribution in [0.4, 0.5) is 0 Å². The zero-order valence-corrected chi connectivity index (χ0v) is 14.4. The van der Waals surface area contributed by atoms with Gasteiger partial charge in [0.25, 0.3) is 5.91 Å². The minimum absolute atomic E-state index is 0.00549. The molecule has 0 N–H and O–H groups in total. The molecule has 1 aromatic heterocycles. The minimum Gasteiger partial charge on any atom is -0.328 e. The zero-order chi connectivity index (χ0) is 16.5. The van der Waals surface area contributed by atoms with Crippen molar-refractivity contribution in [1.29, 1.82) is 0 Å². The molecule has 0 radical (unpaired) electrons. The van der Waals surface area contributed by atoms with Gasteiger partial charge >= 0.3 is 0 Å². The van der Waals surface area contributed by atoms with Gasteiger partial charge in [-0.1, -0.05) is 30.2 Å². The highest BCUT2D eigenvalue weighted by atomic mass is 35.5. The summed E-state index contributed by atoms with van der Waals surface area (Å²) < 4.78 is 2.25. The van der Waals surface area contributed by atoms with E-state index in [9.17, 15) is 4.79 Å². The Balaban J connectivity index is 1.65. The van der Waals surface area contributed by atoms with Crippen LogP contribution in [0.5, 0.6) is 0 Å². The van der Waals surface area contributed by atoms with Crippen molar-refractivity contribution in [2.45, 2.75) is 51.1 Å². The Morgan fingerprint density at radius 2 is 1.96 bits per heavy atom. The van der Waals surface area contributed by atoms with Gasteiger partial charge < -0.3 is 9.47 Å². The molecule has 1 unspecified atom stereocenters. The van der Waals surface area contributed by atoms with Gasteiger partial charge in [-0.2, -0.15) is 0 Å². The topological polar surface area (TPSA) is 51.0 Å². The first-order valence-electron chi connectivity index (χ1n) is 8.73. The van der Waals surface area contributed by atoms with Gasteiger partial charge in [0, 0.05) is 19.5 Å². The third-order valence-electron chi connectivity index (χ3n) is 5.05. The van der Waals surface area contributed by atoms with E-state index < -0.39 is 0 Å². The summed E-state index contributed by atoms with van der Waals surface area (Å²) in [6.45, 7) is 1.71. The van der Waals surface area contributed by atoms with Crippen molar-refractivity contribution < 1.29 is 4.79 Å². The van der Waals surface area contributed by atoms with Gasteiger partial charge in [0.15, 0.2) is 5.82 Å². The molecule has 5 nitrogen and oxygen atoms in total. The van der Waals surface area contributed by atoms with Gasteiger partial charge in [0.1, 0.15) is 5.82 Å². The molecule has 2 aliphatic heterocycles. The van der Waals surface area contributed by atoms with E-state index in [1.54, 1.807) is 12.1 Å². The fraction of sp³-hybridized carbons (Fsp3) is 0.500. The van der Waals surface area contributed by atoms with E-state index in [4.69, 9.17) is 11.6 Å². The number of fused-ring (bicyclic) bond motifs is 1. The van der Waals surface area contributed by atoms with Crippen LogP contribution in [0.25, 0.3) is 0 Å². The molecule has 1 aromatic carbocycles. The van der Waals surface area contributed by atoms with Crippen molar-refractivity contribution in [2.75, 3.05) is 6.54 Å². The summed E-state index contributed by atoms with van der Waals surface area (Å²) >= 11 is 6.23. The molecule has 6 heteroatoms. The normalized spacial score (nSPS) is 20.7. The monoisotopic (exact) mass is 344 g/mol. The molecule has 0 saturated carbocycles. The molecule has 24 heavy (non-hydrogen) atoms. The summed E-state index contributed by atoms with van der Waals surface area (Å²) in [5, 5.41) is 9.36. The SMILES string of the molecule is O=C(c1ccccc1Cl)N1CCCC1c1nnc2n1CCCCC2. The van der Waals surface area contributed by atoms with E-state index in [-0.39, 0.29) is 11.9 Å². The van der Waals surface area contributed by atoms with E-state index in [0.29, 0.717) is 10.6 Å². The number of aryl methyl sites for hydroxylation is 1. The van der Waals surface area contributed by atoms with Gasteiger partial charge in [-0.05, 0) is 37.8 Å². The van der Waals surface area contributed by atoms with Crippen LogP contribution in [0, 0.1) is 0 Å². The molecule has 0 aliphatic carbocycles. The van der Waals surface area contributed by atoms with Crippen molar-refractivity contribution in [3.8, 4) is 0 Å². The summed E-state index contributed by atoms with van der Waals surface area (Å²) in [6, 6.07) is 7.27. The number of carbonyl (C=O) groups is 1. The van der Waals surface area contributed by atoms with Crippen molar-refractivity contribution in [2.24, 2.45) is 0 Å². The molecular formula is C18H21ClN4O. The summed E-state index contributed by atoms with van der Waals surface area (Å²) in [5.74, 6) is 2.01. The van der Waals surface area contributed by atoms with Crippen molar-refractivity contribution in [3.63, 3.8) is 0 Å². The number of likely N-dealkylation sites (tertiary alicyclic amines) is 1. The van der Waals surface area contributed by atoms with Gasteiger partial charge in [-0.15, -0.1) is 10.2 Å². The number of carbonyl (C=O) groups excluding carboxylic acids is 1. The number of rotatable bonds is 2. The molecule has 0 spiro atoms. The van der Waals surface area contributed by atoms with Gasteiger partial charge in [-0.3, -0.25) is 4.79 Å². The highest BCUT2D eigenvalue weighted by Crippen LogP contribution is 2.34. The Morgan fingerprint density at radius 3 is 2.83 bits per heavy atom. The fourth-order valence-electron chi connectivity index (χ4n) is 3.82. The smallest absolute Gasteiger partial charge is 0.255 e. The molecule has 2 aromatic rings. The molecular weight excluding hydrogens is 324 g/mol. The number of halogens is 1. The Labute approximate surface area is 146 Å². The minimum atomic E-state index is -0.00549. The lowest BCUT2D eigenvalue weighted by molar-refractivity contribution is 0.0727. The summed E-state index contributed by atoms with van der Waals surface area (Å²) in [5.41, 5.74) is 0.571. The Bertz CT molecular complexity index is 757. The standard InChI is InChI=1S/C18H21ClN4O/c19-14-8-4-3-7-13(14)18(24)22-12-6-9-15(22)17-21-20-16-10-2-1-5-11-23(16)17/h3-4,7-8,15H,1-2,5-6,9-12H2. The number of amides is 1. The quantitative estimate of drug-likeness (QED) is 0.835. The highest BCUT2D eigenvalue weighted by molar-refractivity contribution is 6.33. The predicted molar refractivity (Wildman–Crippen MR) is 92.0 cm³/mol. The molecule has 3 heterocycles. The predicted octanol–water partition coefficient (Wildman–Crippen LogP) is 3.64. The third kappa shape index (κ3) is 2.71. The zero-order valence-electron chi connectivity index (χ0n) is 13.6. The maximum atomic E-state index is 13.0. The average Bonchev–Trinajstić information content (AvgIpc) is 3.15. The second-order valence-corrected chi connectivity index (χ2v) is 6.98. The van der Waals surface area contributed by atoms with Crippen LogP contribution in [0.2, 0.25) is 5.02 Å². The molecule has 1 fully saturated rings. The molecule has 1 atom stereocenters. The fourth-order valence-corrected chi connectivity index (χ4v) is 4.04. The lowest BCUT2D eigenvalue weighted by atomic mass is 10.1. The Kier molecular flexibility index (Phi) is 4.27. The first-order valence-corrected chi connectivity index (χ1v) is 9.11. The lowest BCUT2D eigenvalue weighted by Crippen LogP contribution is -2.32. The summed E-state index contributed by atoms with van der Waals surface area (Å²) in [4.78, 5) is 14.9. The molecule has 1 saturated heterocycles. The number of aromatic nitrogens is 3. The maximum absolute atomic E-state index is 13.0. The molecule has 126 valence electrons. The van der Waals surface area contributed by atoms with Gasteiger partial charge in [0.05, 0.1) is 16.6 Å². The van der Waals surface area contributed by atoms with Crippen molar-refractivity contribution >= 4 is 17.5 Å².